The van der Waals surface area contributed by atoms with Gasteiger partial charge in [-0.3, -0.25) is 4.79 Å². The number of nitrogens with one attached hydrogen (secondary N) is 2. The quantitative estimate of drug-likeness (QED) is 0.775. The maximum atomic E-state index is 12.8. The Morgan fingerprint density at radius 2 is 2.19 bits per heavy atom. The topological polar surface area (TPSA) is 61.4 Å². The number of halogens is 1. The van der Waals surface area contributed by atoms with Crippen molar-refractivity contribution in [3.8, 4) is 0 Å². The third-order valence-corrected chi connectivity index (χ3v) is 3.89. The molecule has 0 aliphatic carbocycles. The van der Waals surface area contributed by atoms with Crippen LogP contribution < -0.4 is 10.6 Å². The molecule has 21 heavy (non-hydrogen) atoms. The molecule has 0 bridgehead atoms. The normalized spacial score (nSPS) is 21.6. The molecule has 4 nitrogen and oxygen atoms in total. The molecule has 0 saturated carbocycles. The minimum atomic E-state index is -0.703. The highest BCUT2D eigenvalue weighted by atomic mass is 19.1. The lowest BCUT2D eigenvalue weighted by Crippen LogP contribution is -2.43. The lowest BCUT2D eigenvalue weighted by molar-refractivity contribution is -0.126. The maximum absolute atomic E-state index is 12.8. The fourth-order valence-corrected chi connectivity index (χ4v) is 2.65. The van der Waals surface area contributed by atoms with Crippen LogP contribution in [0.4, 0.5) is 4.39 Å². The van der Waals surface area contributed by atoms with Crippen molar-refractivity contribution in [2.45, 2.75) is 38.3 Å². The van der Waals surface area contributed by atoms with E-state index in [4.69, 9.17) is 0 Å². The summed E-state index contributed by atoms with van der Waals surface area (Å²) in [7, 11) is 0. The van der Waals surface area contributed by atoms with Gasteiger partial charge in [-0.25, -0.2) is 4.39 Å². The van der Waals surface area contributed by atoms with E-state index in [-0.39, 0.29) is 23.7 Å². The Labute approximate surface area is 124 Å². The molecule has 0 spiro atoms. The number of carbonyl (C=O) groups is 1. The lowest BCUT2D eigenvalue weighted by atomic mass is 9.97. The van der Waals surface area contributed by atoms with Gasteiger partial charge in [0.15, 0.2) is 0 Å². The van der Waals surface area contributed by atoms with Crippen LogP contribution in [0.2, 0.25) is 0 Å². The fraction of sp³-hybridized carbons (Fsp3) is 0.562. The molecule has 1 aliphatic rings. The zero-order valence-electron chi connectivity index (χ0n) is 12.3. The first kappa shape index (κ1) is 15.9. The van der Waals surface area contributed by atoms with Gasteiger partial charge < -0.3 is 15.7 Å². The summed E-state index contributed by atoms with van der Waals surface area (Å²) in [4.78, 5) is 12.1. The summed E-state index contributed by atoms with van der Waals surface area (Å²) in [6, 6.07) is 5.67. The predicted octanol–water partition coefficient (Wildman–Crippen LogP) is 1.75. The minimum Gasteiger partial charge on any atom is -0.388 e. The third-order valence-electron chi connectivity index (χ3n) is 3.89. The van der Waals surface area contributed by atoms with Crippen LogP contribution >= 0.6 is 0 Å². The van der Waals surface area contributed by atoms with Crippen LogP contribution in [-0.4, -0.2) is 30.1 Å². The van der Waals surface area contributed by atoms with E-state index in [0.29, 0.717) is 12.0 Å². The molecule has 1 aromatic carbocycles. The molecule has 1 fully saturated rings. The molecule has 0 aromatic heterocycles. The van der Waals surface area contributed by atoms with E-state index in [9.17, 15) is 14.3 Å². The van der Waals surface area contributed by atoms with Crippen molar-refractivity contribution in [3.63, 3.8) is 0 Å². The molecule has 2 rings (SSSR count). The molecule has 1 amide bonds. The molecule has 3 atom stereocenters. The Bertz CT molecular complexity index is 458. The van der Waals surface area contributed by atoms with Gasteiger partial charge in [-0.2, -0.15) is 0 Å². The average molecular weight is 294 g/mol. The summed E-state index contributed by atoms with van der Waals surface area (Å²) in [6.45, 7) is 3.57. The van der Waals surface area contributed by atoms with E-state index in [0.717, 1.165) is 25.9 Å². The van der Waals surface area contributed by atoms with Crippen LogP contribution in [-0.2, 0) is 4.79 Å². The summed E-state index contributed by atoms with van der Waals surface area (Å²) in [5.74, 6) is -0.262. The van der Waals surface area contributed by atoms with E-state index in [1.165, 1.54) is 12.1 Å². The number of rotatable bonds is 5. The highest BCUT2D eigenvalue weighted by Gasteiger charge is 2.23. The first-order valence-corrected chi connectivity index (χ1v) is 7.51. The number of carbonyl (C=O) groups excluding carboxylic acids is 1. The van der Waals surface area contributed by atoms with Crippen LogP contribution in [0.5, 0.6) is 0 Å². The van der Waals surface area contributed by atoms with Gasteiger partial charge >= 0.3 is 0 Å². The predicted molar refractivity (Wildman–Crippen MR) is 79.2 cm³/mol. The second kappa shape index (κ2) is 7.52. The third kappa shape index (κ3) is 4.79. The molecule has 116 valence electrons. The molecular weight excluding hydrogens is 271 g/mol. The largest absolute Gasteiger partial charge is 0.388 e. The van der Waals surface area contributed by atoms with E-state index >= 15 is 0 Å². The van der Waals surface area contributed by atoms with Crippen LogP contribution in [0, 0.1) is 11.7 Å². The summed E-state index contributed by atoms with van der Waals surface area (Å²) >= 11 is 0. The number of hydrogen-bond donors (Lipinski definition) is 3. The van der Waals surface area contributed by atoms with Gasteiger partial charge in [0.1, 0.15) is 5.82 Å². The maximum Gasteiger partial charge on any atom is 0.224 e. The second-order valence-electron chi connectivity index (χ2n) is 5.76. The number of aliphatic hydroxyl groups excluding tert-OH is 1. The number of amides is 1. The van der Waals surface area contributed by atoms with Gasteiger partial charge in [-0.1, -0.05) is 12.1 Å². The first-order valence-electron chi connectivity index (χ1n) is 7.51. The fourth-order valence-electron chi connectivity index (χ4n) is 2.65. The number of hydrogen-bond acceptors (Lipinski definition) is 3. The number of benzene rings is 1. The Hall–Kier alpha value is -1.46. The number of aliphatic hydroxyl groups is 1. The highest BCUT2D eigenvalue weighted by molar-refractivity contribution is 5.79. The monoisotopic (exact) mass is 294 g/mol. The summed E-state index contributed by atoms with van der Waals surface area (Å²) in [5.41, 5.74) is 0.664. The van der Waals surface area contributed by atoms with Gasteiger partial charge in [-0.05, 0) is 50.4 Å². The van der Waals surface area contributed by atoms with Crippen LogP contribution in [0.15, 0.2) is 24.3 Å². The van der Waals surface area contributed by atoms with E-state index in [2.05, 4.69) is 10.6 Å². The summed E-state index contributed by atoms with van der Waals surface area (Å²) in [5, 5.41) is 16.3. The van der Waals surface area contributed by atoms with Crippen molar-refractivity contribution in [2.24, 2.45) is 5.92 Å². The zero-order chi connectivity index (χ0) is 15.2. The highest BCUT2D eigenvalue weighted by Crippen LogP contribution is 2.19. The van der Waals surface area contributed by atoms with Crippen LogP contribution in [0.1, 0.15) is 37.9 Å². The summed E-state index contributed by atoms with van der Waals surface area (Å²) < 4.78 is 12.8. The molecular formula is C16H23FN2O2. The molecule has 5 heteroatoms. The molecule has 3 unspecified atom stereocenters. The van der Waals surface area contributed by atoms with E-state index < -0.39 is 6.10 Å². The van der Waals surface area contributed by atoms with Gasteiger partial charge in [0.2, 0.25) is 5.91 Å². The van der Waals surface area contributed by atoms with Crippen molar-refractivity contribution < 1.29 is 14.3 Å². The van der Waals surface area contributed by atoms with Gasteiger partial charge in [0.25, 0.3) is 0 Å². The van der Waals surface area contributed by atoms with Crippen molar-refractivity contribution in [1.29, 1.82) is 0 Å². The Morgan fingerprint density at radius 3 is 2.81 bits per heavy atom. The van der Waals surface area contributed by atoms with Crippen molar-refractivity contribution >= 4 is 5.91 Å². The smallest absolute Gasteiger partial charge is 0.224 e. The van der Waals surface area contributed by atoms with Crippen LogP contribution in [0.25, 0.3) is 0 Å². The van der Waals surface area contributed by atoms with Crippen molar-refractivity contribution in [2.75, 3.05) is 13.1 Å². The molecule has 0 radical (unpaired) electrons. The summed E-state index contributed by atoms with van der Waals surface area (Å²) in [6.07, 6.45) is 1.64. The average Bonchev–Trinajstić information content (AvgIpc) is 2.48. The lowest BCUT2D eigenvalue weighted by Gasteiger charge is -2.25. The van der Waals surface area contributed by atoms with E-state index in [1.54, 1.807) is 12.1 Å². The van der Waals surface area contributed by atoms with Gasteiger partial charge in [0.05, 0.1) is 12.0 Å². The second-order valence-corrected chi connectivity index (χ2v) is 5.76. The van der Waals surface area contributed by atoms with Crippen LogP contribution in [0.3, 0.4) is 0 Å². The van der Waals surface area contributed by atoms with Gasteiger partial charge in [-0.15, -0.1) is 0 Å². The Kier molecular flexibility index (Phi) is 5.70. The van der Waals surface area contributed by atoms with E-state index in [1.807, 2.05) is 6.92 Å². The minimum absolute atomic E-state index is 0.0177. The SMILES string of the molecule is CC(CC(O)c1ccc(F)cc1)NC(=O)C1CCCNC1. The van der Waals surface area contributed by atoms with Crippen molar-refractivity contribution in [3.05, 3.63) is 35.6 Å². The number of piperidine rings is 1. The molecule has 1 aromatic rings. The van der Waals surface area contributed by atoms with Crippen molar-refractivity contribution in [1.82, 2.24) is 10.6 Å². The van der Waals surface area contributed by atoms with Gasteiger partial charge in [0, 0.05) is 12.6 Å². The molecule has 1 saturated heterocycles. The molecule has 1 aliphatic heterocycles. The standard InChI is InChI=1S/C16H23FN2O2/c1-11(19-16(21)13-3-2-8-18-10-13)9-15(20)12-4-6-14(17)7-5-12/h4-7,11,13,15,18,20H,2-3,8-10H2,1H3,(H,19,21). The Morgan fingerprint density at radius 1 is 1.48 bits per heavy atom. The molecule has 3 N–H and O–H groups in total. The first-order chi connectivity index (χ1) is 10.1. The molecule has 1 heterocycles. The zero-order valence-corrected chi connectivity index (χ0v) is 12.3. The Balaban J connectivity index is 1.81.